The molecule has 98 valence electrons. The van der Waals surface area contributed by atoms with Gasteiger partial charge >= 0.3 is 0 Å². The molecule has 1 aliphatic carbocycles. The second kappa shape index (κ2) is 4.96. The highest BCUT2D eigenvalue weighted by molar-refractivity contribution is 5.98. The minimum absolute atomic E-state index is 0.108. The summed E-state index contributed by atoms with van der Waals surface area (Å²) in [4.78, 5) is 16.1. The van der Waals surface area contributed by atoms with Crippen molar-refractivity contribution in [2.24, 2.45) is 5.41 Å². The minimum atomic E-state index is -0.108. The predicted octanol–water partition coefficient (Wildman–Crippen LogP) is 2.36. The average molecular weight is 247 g/mol. The number of nitrogen functional groups attached to an aromatic ring is 1. The van der Waals surface area contributed by atoms with Crippen molar-refractivity contribution >= 4 is 11.7 Å². The van der Waals surface area contributed by atoms with Crippen LogP contribution in [0.1, 0.15) is 49.9 Å². The van der Waals surface area contributed by atoms with Crippen molar-refractivity contribution in [3.8, 4) is 0 Å². The standard InChI is InChI=1S/C14H21N3O/c1-14(2)7-3-5-10(9-14)17-13(18)11-6-4-8-16-12(11)15/h4,6,8,10H,3,5,7,9H2,1-2H3,(H2,15,16)(H,17,18). The van der Waals surface area contributed by atoms with Crippen LogP contribution < -0.4 is 11.1 Å². The van der Waals surface area contributed by atoms with Crippen molar-refractivity contribution < 1.29 is 4.79 Å². The number of hydrogen-bond acceptors (Lipinski definition) is 3. The Morgan fingerprint density at radius 1 is 1.56 bits per heavy atom. The zero-order chi connectivity index (χ0) is 13.2. The second-order valence-corrected chi connectivity index (χ2v) is 5.87. The van der Waals surface area contributed by atoms with Gasteiger partial charge in [-0.05, 0) is 36.8 Å². The van der Waals surface area contributed by atoms with Crippen LogP contribution >= 0.6 is 0 Å². The molecule has 2 rings (SSSR count). The lowest BCUT2D eigenvalue weighted by Crippen LogP contribution is -2.40. The molecule has 1 amide bonds. The predicted molar refractivity (Wildman–Crippen MR) is 72.2 cm³/mol. The lowest BCUT2D eigenvalue weighted by molar-refractivity contribution is 0.0903. The highest BCUT2D eigenvalue weighted by Gasteiger charge is 2.29. The maximum absolute atomic E-state index is 12.1. The summed E-state index contributed by atoms with van der Waals surface area (Å²) >= 11 is 0. The van der Waals surface area contributed by atoms with Crippen LogP contribution in [0.25, 0.3) is 0 Å². The van der Waals surface area contributed by atoms with E-state index in [1.807, 2.05) is 0 Å². The lowest BCUT2D eigenvalue weighted by Gasteiger charge is -2.35. The fourth-order valence-electron chi connectivity index (χ4n) is 2.69. The molecule has 4 nitrogen and oxygen atoms in total. The Morgan fingerprint density at radius 3 is 3.00 bits per heavy atom. The summed E-state index contributed by atoms with van der Waals surface area (Å²) in [6, 6.07) is 3.70. The van der Waals surface area contributed by atoms with Crippen molar-refractivity contribution in [2.75, 3.05) is 5.73 Å². The fourth-order valence-corrected chi connectivity index (χ4v) is 2.69. The molecule has 1 saturated carbocycles. The molecule has 0 aromatic carbocycles. The highest BCUT2D eigenvalue weighted by atomic mass is 16.1. The maximum atomic E-state index is 12.1. The van der Waals surface area contributed by atoms with Crippen LogP contribution in [0.2, 0.25) is 0 Å². The number of anilines is 1. The number of aromatic nitrogens is 1. The first-order valence-corrected chi connectivity index (χ1v) is 6.49. The van der Waals surface area contributed by atoms with E-state index in [2.05, 4.69) is 24.1 Å². The van der Waals surface area contributed by atoms with E-state index < -0.39 is 0 Å². The molecule has 1 aliphatic rings. The van der Waals surface area contributed by atoms with Crippen molar-refractivity contribution in [1.82, 2.24) is 10.3 Å². The third-order valence-electron chi connectivity index (χ3n) is 3.62. The summed E-state index contributed by atoms with van der Waals surface area (Å²) in [7, 11) is 0. The third kappa shape index (κ3) is 3.00. The zero-order valence-corrected chi connectivity index (χ0v) is 11.1. The molecular weight excluding hydrogens is 226 g/mol. The van der Waals surface area contributed by atoms with Gasteiger partial charge in [0.25, 0.3) is 5.91 Å². The van der Waals surface area contributed by atoms with Crippen molar-refractivity contribution in [1.29, 1.82) is 0 Å². The zero-order valence-electron chi connectivity index (χ0n) is 11.1. The Hall–Kier alpha value is -1.58. The van der Waals surface area contributed by atoms with Crippen molar-refractivity contribution in [3.63, 3.8) is 0 Å². The van der Waals surface area contributed by atoms with Gasteiger partial charge in [-0.3, -0.25) is 4.79 Å². The molecule has 1 fully saturated rings. The van der Waals surface area contributed by atoms with Crippen molar-refractivity contribution in [3.05, 3.63) is 23.9 Å². The van der Waals surface area contributed by atoms with Gasteiger partial charge in [0, 0.05) is 12.2 Å². The smallest absolute Gasteiger partial charge is 0.255 e. The van der Waals surface area contributed by atoms with E-state index in [1.165, 1.54) is 12.8 Å². The van der Waals surface area contributed by atoms with Gasteiger partial charge in [-0.25, -0.2) is 4.98 Å². The number of carbonyl (C=O) groups excluding carboxylic acids is 1. The van der Waals surface area contributed by atoms with Crippen LogP contribution in [0.15, 0.2) is 18.3 Å². The summed E-state index contributed by atoms with van der Waals surface area (Å²) in [6.07, 6.45) is 6.07. The van der Waals surface area contributed by atoms with Gasteiger partial charge in [-0.15, -0.1) is 0 Å². The first-order chi connectivity index (χ1) is 8.48. The minimum Gasteiger partial charge on any atom is -0.383 e. The van der Waals surface area contributed by atoms with Gasteiger partial charge in [-0.2, -0.15) is 0 Å². The Balaban J connectivity index is 2.02. The quantitative estimate of drug-likeness (QED) is 0.843. The van der Waals surface area contributed by atoms with Crippen LogP contribution in [0.4, 0.5) is 5.82 Å². The number of nitrogens with two attached hydrogens (primary N) is 1. The number of rotatable bonds is 2. The van der Waals surface area contributed by atoms with Crippen molar-refractivity contribution in [2.45, 2.75) is 45.6 Å². The van der Waals surface area contributed by atoms with Gasteiger partial charge in [0.2, 0.25) is 0 Å². The SMILES string of the molecule is CC1(C)CCCC(NC(=O)c2cccnc2N)C1. The molecule has 18 heavy (non-hydrogen) atoms. The molecule has 1 heterocycles. The van der Waals surface area contributed by atoms with Gasteiger partial charge in [0.15, 0.2) is 0 Å². The average Bonchev–Trinajstić information content (AvgIpc) is 2.28. The molecule has 0 spiro atoms. The molecule has 1 unspecified atom stereocenters. The molecule has 1 aromatic heterocycles. The van der Waals surface area contributed by atoms with E-state index in [0.717, 1.165) is 12.8 Å². The third-order valence-corrected chi connectivity index (χ3v) is 3.62. The molecule has 0 bridgehead atoms. The van der Waals surface area contributed by atoms with Crippen LogP contribution in [0.3, 0.4) is 0 Å². The van der Waals surface area contributed by atoms with Crippen LogP contribution in [-0.4, -0.2) is 16.9 Å². The van der Waals surface area contributed by atoms with Gasteiger partial charge in [-0.1, -0.05) is 20.3 Å². The van der Waals surface area contributed by atoms with Gasteiger partial charge < -0.3 is 11.1 Å². The number of carbonyl (C=O) groups is 1. The van der Waals surface area contributed by atoms with E-state index >= 15 is 0 Å². The van der Waals surface area contributed by atoms with E-state index in [-0.39, 0.29) is 11.9 Å². The largest absolute Gasteiger partial charge is 0.383 e. The van der Waals surface area contributed by atoms with Crippen LogP contribution in [0, 0.1) is 5.41 Å². The molecule has 0 radical (unpaired) electrons. The first-order valence-electron chi connectivity index (χ1n) is 6.49. The number of hydrogen-bond donors (Lipinski definition) is 2. The number of nitrogens with zero attached hydrogens (tertiary/aromatic N) is 1. The van der Waals surface area contributed by atoms with E-state index in [4.69, 9.17) is 5.73 Å². The van der Waals surface area contributed by atoms with E-state index in [9.17, 15) is 4.79 Å². The molecular formula is C14H21N3O. The molecule has 1 atom stereocenters. The summed E-state index contributed by atoms with van der Waals surface area (Å²) in [5.74, 6) is 0.188. The monoisotopic (exact) mass is 247 g/mol. The molecule has 4 heteroatoms. The van der Waals surface area contributed by atoms with E-state index in [0.29, 0.717) is 16.8 Å². The summed E-state index contributed by atoms with van der Waals surface area (Å²) in [6.45, 7) is 4.51. The Bertz CT molecular complexity index is 442. The highest BCUT2D eigenvalue weighted by Crippen LogP contribution is 2.35. The second-order valence-electron chi connectivity index (χ2n) is 5.87. The topological polar surface area (TPSA) is 68.0 Å². The van der Waals surface area contributed by atoms with Crippen LogP contribution in [0.5, 0.6) is 0 Å². The number of nitrogens with one attached hydrogen (secondary N) is 1. The summed E-state index contributed by atoms with van der Waals surface area (Å²) in [5, 5.41) is 3.07. The Labute approximate surface area is 108 Å². The number of pyridine rings is 1. The maximum Gasteiger partial charge on any atom is 0.255 e. The lowest BCUT2D eigenvalue weighted by atomic mass is 9.75. The summed E-state index contributed by atoms with van der Waals surface area (Å²) in [5.41, 5.74) is 6.50. The molecule has 0 aliphatic heterocycles. The molecule has 3 N–H and O–H groups in total. The van der Waals surface area contributed by atoms with Crippen LogP contribution in [-0.2, 0) is 0 Å². The normalized spacial score (nSPS) is 22.4. The van der Waals surface area contributed by atoms with E-state index in [1.54, 1.807) is 18.3 Å². The van der Waals surface area contributed by atoms with Gasteiger partial charge in [0.05, 0.1) is 5.56 Å². The Morgan fingerprint density at radius 2 is 2.33 bits per heavy atom. The molecule has 1 aromatic rings. The Kier molecular flexibility index (Phi) is 3.55. The first kappa shape index (κ1) is 12.9. The summed E-state index contributed by atoms with van der Waals surface area (Å²) < 4.78 is 0. The number of amides is 1. The van der Waals surface area contributed by atoms with Gasteiger partial charge in [0.1, 0.15) is 5.82 Å². The fraction of sp³-hybridized carbons (Fsp3) is 0.571. The molecule has 0 saturated heterocycles.